The van der Waals surface area contributed by atoms with Crippen LogP contribution in [0.5, 0.6) is 0 Å². The van der Waals surface area contributed by atoms with Gasteiger partial charge < -0.3 is 4.90 Å². The normalized spacial score (nSPS) is 9.56. The lowest BCUT2D eigenvalue weighted by molar-refractivity contribution is -0.129. The Balaban J connectivity index is 2.46. The Labute approximate surface area is 97.3 Å². The van der Waals surface area contributed by atoms with Gasteiger partial charge in [0.1, 0.15) is 0 Å². The first kappa shape index (κ1) is 12.3. The van der Waals surface area contributed by atoms with E-state index < -0.39 is 0 Å². The van der Waals surface area contributed by atoms with Crippen LogP contribution < -0.4 is 0 Å². The Morgan fingerprint density at radius 2 is 2.25 bits per heavy atom. The number of amides is 1. The first-order valence-electron chi connectivity index (χ1n) is 5.36. The molecule has 16 heavy (non-hydrogen) atoms. The third-order valence-corrected chi connectivity index (χ3v) is 2.46. The maximum atomic E-state index is 11.6. The van der Waals surface area contributed by atoms with E-state index in [0.29, 0.717) is 13.0 Å². The molecule has 0 aliphatic heterocycles. The molecule has 0 aromatic heterocycles. The SMILES string of the molecule is C#CCN(C)C(=O)CCc1cccc(C)c1. The maximum Gasteiger partial charge on any atom is 0.223 e. The predicted octanol–water partition coefficient (Wildman–Crippen LogP) is 2.02. The summed E-state index contributed by atoms with van der Waals surface area (Å²) in [6.45, 7) is 2.43. The second-order valence-electron chi connectivity index (χ2n) is 3.94. The maximum absolute atomic E-state index is 11.6. The third-order valence-electron chi connectivity index (χ3n) is 2.46. The van der Waals surface area contributed by atoms with Gasteiger partial charge in [-0.15, -0.1) is 6.42 Å². The molecular weight excluding hydrogens is 198 g/mol. The molecule has 0 radical (unpaired) electrons. The van der Waals surface area contributed by atoms with Crippen LogP contribution in [0.3, 0.4) is 0 Å². The molecule has 1 amide bonds. The number of rotatable bonds is 4. The first-order valence-corrected chi connectivity index (χ1v) is 5.36. The van der Waals surface area contributed by atoms with Crippen molar-refractivity contribution in [3.8, 4) is 12.3 Å². The largest absolute Gasteiger partial charge is 0.335 e. The standard InChI is InChI=1S/C14H17NO/c1-4-10-15(3)14(16)9-8-13-7-5-6-12(2)11-13/h1,5-7,11H,8-10H2,2-3H3. The summed E-state index contributed by atoms with van der Waals surface area (Å²) >= 11 is 0. The zero-order valence-electron chi connectivity index (χ0n) is 9.86. The quantitative estimate of drug-likeness (QED) is 0.704. The van der Waals surface area contributed by atoms with Crippen LogP contribution in [0.4, 0.5) is 0 Å². The van der Waals surface area contributed by atoms with E-state index in [0.717, 1.165) is 6.42 Å². The number of hydrogen-bond donors (Lipinski definition) is 0. The van der Waals surface area contributed by atoms with Crippen LogP contribution in [0.1, 0.15) is 17.5 Å². The molecular formula is C14H17NO. The molecule has 0 atom stereocenters. The average Bonchev–Trinajstić information content (AvgIpc) is 2.26. The Hall–Kier alpha value is -1.75. The summed E-state index contributed by atoms with van der Waals surface area (Å²) in [5.41, 5.74) is 2.42. The van der Waals surface area contributed by atoms with Crippen molar-refractivity contribution in [2.75, 3.05) is 13.6 Å². The van der Waals surface area contributed by atoms with Gasteiger partial charge in [-0.25, -0.2) is 0 Å². The number of aryl methyl sites for hydroxylation is 2. The Bertz CT molecular complexity index is 403. The summed E-state index contributed by atoms with van der Waals surface area (Å²) < 4.78 is 0. The van der Waals surface area contributed by atoms with Gasteiger partial charge >= 0.3 is 0 Å². The van der Waals surface area contributed by atoms with E-state index in [-0.39, 0.29) is 5.91 Å². The average molecular weight is 215 g/mol. The van der Waals surface area contributed by atoms with Crippen molar-refractivity contribution >= 4 is 5.91 Å². The van der Waals surface area contributed by atoms with Gasteiger partial charge in [-0.3, -0.25) is 4.79 Å². The molecule has 84 valence electrons. The van der Waals surface area contributed by atoms with Crippen molar-refractivity contribution in [3.05, 3.63) is 35.4 Å². The van der Waals surface area contributed by atoms with E-state index in [1.165, 1.54) is 11.1 Å². The highest BCUT2D eigenvalue weighted by Crippen LogP contribution is 2.07. The zero-order valence-corrected chi connectivity index (χ0v) is 9.86. The van der Waals surface area contributed by atoms with Gasteiger partial charge in [-0.1, -0.05) is 35.7 Å². The molecule has 0 saturated heterocycles. The van der Waals surface area contributed by atoms with E-state index in [9.17, 15) is 4.79 Å². The first-order chi connectivity index (χ1) is 7.63. The van der Waals surface area contributed by atoms with Crippen LogP contribution in [-0.4, -0.2) is 24.4 Å². The molecule has 0 bridgehead atoms. The monoisotopic (exact) mass is 215 g/mol. The van der Waals surface area contributed by atoms with Crippen molar-refractivity contribution in [1.82, 2.24) is 4.90 Å². The second kappa shape index (κ2) is 5.97. The van der Waals surface area contributed by atoms with Crippen LogP contribution >= 0.6 is 0 Å². The minimum Gasteiger partial charge on any atom is -0.335 e. The fourth-order valence-corrected chi connectivity index (χ4v) is 1.53. The molecule has 2 heteroatoms. The molecule has 0 aliphatic carbocycles. The lowest BCUT2D eigenvalue weighted by Crippen LogP contribution is -2.27. The minimum absolute atomic E-state index is 0.0967. The van der Waals surface area contributed by atoms with Gasteiger partial charge in [0, 0.05) is 13.5 Å². The van der Waals surface area contributed by atoms with E-state index in [1.54, 1.807) is 11.9 Å². The zero-order chi connectivity index (χ0) is 12.0. The van der Waals surface area contributed by atoms with E-state index in [4.69, 9.17) is 6.42 Å². The van der Waals surface area contributed by atoms with Gasteiger partial charge in [0.2, 0.25) is 5.91 Å². The smallest absolute Gasteiger partial charge is 0.223 e. The molecule has 1 rings (SSSR count). The van der Waals surface area contributed by atoms with Crippen molar-refractivity contribution in [1.29, 1.82) is 0 Å². The summed E-state index contributed by atoms with van der Waals surface area (Å²) in [4.78, 5) is 13.2. The van der Waals surface area contributed by atoms with Crippen molar-refractivity contribution in [2.45, 2.75) is 19.8 Å². The van der Waals surface area contributed by atoms with Crippen molar-refractivity contribution in [3.63, 3.8) is 0 Å². The topological polar surface area (TPSA) is 20.3 Å². The van der Waals surface area contributed by atoms with Gasteiger partial charge in [-0.2, -0.15) is 0 Å². The van der Waals surface area contributed by atoms with Crippen LogP contribution in [0, 0.1) is 19.3 Å². The molecule has 0 N–H and O–H groups in total. The highest BCUT2D eigenvalue weighted by molar-refractivity contribution is 5.76. The predicted molar refractivity (Wildman–Crippen MR) is 66.0 cm³/mol. The number of carbonyl (C=O) groups is 1. The second-order valence-corrected chi connectivity index (χ2v) is 3.94. The lowest BCUT2D eigenvalue weighted by Gasteiger charge is -2.13. The summed E-state index contributed by atoms with van der Waals surface area (Å²) in [7, 11) is 1.73. The molecule has 2 nitrogen and oxygen atoms in total. The number of nitrogens with zero attached hydrogens (tertiary/aromatic N) is 1. The summed E-state index contributed by atoms with van der Waals surface area (Å²) in [5, 5.41) is 0. The fraction of sp³-hybridized carbons (Fsp3) is 0.357. The van der Waals surface area contributed by atoms with Crippen LogP contribution in [0.2, 0.25) is 0 Å². The number of hydrogen-bond acceptors (Lipinski definition) is 1. The Kier molecular flexibility index (Phi) is 4.60. The molecule has 1 aromatic rings. The molecule has 1 aromatic carbocycles. The number of terminal acetylenes is 1. The molecule has 0 saturated carbocycles. The van der Waals surface area contributed by atoms with E-state index in [2.05, 4.69) is 25.0 Å². The van der Waals surface area contributed by atoms with Crippen LogP contribution in [0.15, 0.2) is 24.3 Å². The Morgan fingerprint density at radius 3 is 2.88 bits per heavy atom. The fourth-order valence-electron chi connectivity index (χ4n) is 1.53. The molecule has 0 heterocycles. The molecule has 0 fully saturated rings. The minimum atomic E-state index is 0.0967. The highest BCUT2D eigenvalue weighted by atomic mass is 16.2. The summed E-state index contributed by atoms with van der Waals surface area (Å²) in [5.74, 6) is 2.56. The molecule has 0 unspecified atom stereocenters. The number of benzene rings is 1. The van der Waals surface area contributed by atoms with Gasteiger partial charge in [0.15, 0.2) is 0 Å². The van der Waals surface area contributed by atoms with Gasteiger partial charge in [0.25, 0.3) is 0 Å². The Morgan fingerprint density at radius 1 is 1.50 bits per heavy atom. The van der Waals surface area contributed by atoms with Crippen LogP contribution in [-0.2, 0) is 11.2 Å². The van der Waals surface area contributed by atoms with Gasteiger partial charge in [-0.05, 0) is 18.9 Å². The van der Waals surface area contributed by atoms with Crippen molar-refractivity contribution < 1.29 is 4.79 Å². The highest BCUT2D eigenvalue weighted by Gasteiger charge is 2.07. The van der Waals surface area contributed by atoms with E-state index >= 15 is 0 Å². The molecule has 0 aliphatic rings. The number of carbonyl (C=O) groups excluding carboxylic acids is 1. The molecule has 0 spiro atoms. The van der Waals surface area contributed by atoms with Gasteiger partial charge in [0.05, 0.1) is 6.54 Å². The van der Waals surface area contributed by atoms with Crippen molar-refractivity contribution in [2.24, 2.45) is 0 Å². The summed E-state index contributed by atoms with van der Waals surface area (Å²) in [6.07, 6.45) is 6.44. The lowest BCUT2D eigenvalue weighted by atomic mass is 10.1. The van der Waals surface area contributed by atoms with Crippen LogP contribution in [0.25, 0.3) is 0 Å². The van der Waals surface area contributed by atoms with E-state index in [1.807, 2.05) is 12.1 Å². The third kappa shape index (κ3) is 3.78. The summed E-state index contributed by atoms with van der Waals surface area (Å²) in [6, 6.07) is 8.21.